The van der Waals surface area contributed by atoms with Crippen LogP contribution in [0.15, 0.2) is 0 Å². The molecule has 1 amide bonds. The summed E-state index contributed by atoms with van der Waals surface area (Å²) in [5.74, 6) is 2.08. The fourth-order valence-corrected chi connectivity index (χ4v) is 3.65. The largest absolute Gasteiger partial charge is 0.377 e. The van der Waals surface area contributed by atoms with Gasteiger partial charge in [-0.1, -0.05) is 20.8 Å². The van der Waals surface area contributed by atoms with E-state index in [1.54, 1.807) is 0 Å². The molecule has 3 unspecified atom stereocenters. The number of morpholine rings is 1. The molecule has 0 spiro atoms. The maximum absolute atomic E-state index is 12.7. The molecular formula is C17H32N2O2. The average molecular weight is 296 g/mol. The number of rotatable bonds is 5. The first-order valence-corrected chi connectivity index (χ1v) is 8.66. The van der Waals surface area contributed by atoms with Crippen LogP contribution in [0, 0.1) is 17.8 Å². The number of hydrogen-bond donors (Lipinski definition) is 1. The molecule has 122 valence electrons. The molecule has 0 aromatic heterocycles. The highest BCUT2D eigenvalue weighted by atomic mass is 16.5. The number of ether oxygens (including phenoxy) is 1. The summed E-state index contributed by atoms with van der Waals surface area (Å²) in [7, 11) is 0. The van der Waals surface area contributed by atoms with Crippen LogP contribution in [0.2, 0.25) is 0 Å². The van der Waals surface area contributed by atoms with E-state index >= 15 is 0 Å². The average Bonchev–Trinajstić information content (AvgIpc) is 2.48. The Hall–Kier alpha value is -0.610. The van der Waals surface area contributed by atoms with Crippen LogP contribution in [0.5, 0.6) is 0 Å². The highest BCUT2D eigenvalue weighted by Gasteiger charge is 2.30. The Labute approximate surface area is 129 Å². The predicted octanol–water partition coefficient (Wildman–Crippen LogP) is 2.29. The molecular weight excluding hydrogens is 264 g/mol. The maximum Gasteiger partial charge on any atom is 0.223 e. The highest BCUT2D eigenvalue weighted by molar-refractivity contribution is 5.77. The van der Waals surface area contributed by atoms with E-state index in [0.717, 1.165) is 26.1 Å². The smallest absolute Gasteiger partial charge is 0.223 e. The van der Waals surface area contributed by atoms with Crippen LogP contribution in [0.4, 0.5) is 0 Å². The minimum absolute atomic E-state index is 0.280. The number of piperidine rings is 1. The molecule has 0 aliphatic carbocycles. The van der Waals surface area contributed by atoms with Crippen molar-refractivity contribution in [3.05, 3.63) is 0 Å². The first-order chi connectivity index (χ1) is 10.1. The van der Waals surface area contributed by atoms with E-state index in [9.17, 15) is 4.79 Å². The molecule has 2 aliphatic rings. The van der Waals surface area contributed by atoms with Crippen molar-refractivity contribution in [3.8, 4) is 0 Å². The van der Waals surface area contributed by atoms with Gasteiger partial charge in [-0.3, -0.25) is 4.79 Å². The third-order valence-corrected chi connectivity index (χ3v) is 4.93. The molecule has 2 fully saturated rings. The molecule has 0 radical (unpaired) electrons. The highest BCUT2D eigenvalue weighted by Crippen LogP contribution is 2.25. The van der Waals surface area contributed by atoms with Crippen LogP contribution in [-0.4, -0.2) is 49.7 Å². The number of carbonyl (C=O) groups is 1. The Morgan fingerprint density at radius 2 is 2.19 bits per heavy atom. The van der Waals surface area contributed by atoms with Gasteiger partial charge in [0.15, 0.2) is 0 Å². The Morgan fingerprint density at radius 1 is 1.38 bits per heavy atom. The fourth-order valence-electron chi connectivity index (χ4n) is 3.65. The quantitative estimate of drug-likeness (QED) is 0.846. The second kappa shape index (κ2) is 8.14. The van der Waals surface area contributed by atoms with Gasteiger partial charge in [0.25, 0.3) is 0 Å². The molecule has 3 atom stereocenters. The zero-order valence-electron chi connectivity index (χ0n) is 13.9. The first-order valence-electron chi connectivity index (χ1n) is 8.66. The van der Waals surface area contributed by atoms with Gasteiger partial charge >= 0.3 is 0 Å². The number of nitrogens with zero attached hydrogens (tertiary/aromatic N) is 1. The summed E-state index contributed by atoms with van der Waals surface area (Å²) in [6.07, 6.45) is 4.25. The van der Waals surface area contributed by atoms with Gasteiger partial charge in [0.05, 0.1) is 19.3 Å². The lowest BCUT2D eigenvalue weighted by Gasteiger charge is -2.38. The number of amides is 1. The van der Waals surface area contributed by atoms with Gasteiger partial charge < -0.3 is 15.0 Å². The molecule has 2 heterocycles. The molecule has 2 rings (SSSR count). The number of nitrogens with one attached hydrogen (secondary N) is 1. The Morgan fingerprint density at radius 3 is 2.86 bits per heavy atom. The van der Waals surface area contributed by atoms with Crippen LogP contribution in [0.3, 0.4) is 0 Å². The summed E-state index contributed by atoms with van der Waals surface area (Å²) >= 11 is 0. The van der Waals surface area contributed by atoms with Crippen LogP contribution in [0.25, 0.3) is 0 Å². The molecule has 4 nitrogen and oxygen atoms in total. The standard InChI is InChI=1S/C17H32N2O2/c1-13(2)9-16-12-21-8-7-19(16)17(20)10-14(3)15-5-4-6-18-11-15/h13-16,18H,4-12H2,1-3H3. The van der Waals surface area contributed by atoms with Crippen molar-refractivity contribution in [1.29, 1.82) is 0 Å². The summed E-state index contributed by atoms with van der Waals surface area (Å²) in [6, 6.07) is 0.280. The topological polar surface area (TPSA) is 41.6 Å². The second-order valence-electron chi connectivity index (χ2n) is 7.23. The van der Waals surface area contributed by atoms with Gasteiger partial charge in [-0.15, -0.1) is 0 Å². The van der Waals surface area contributed by atoms with E-state index in [1.165, 1.54) is 12.8 Å². The summed E-state index contributed by atoms with van der Waals surface area (Å²) < 4.78 is 5.58. The van der Waals surface area contributed by atoms with Gasteiger partial charge in [-0.05, 0) is 50.1 Å². The molecule has 4 heteroatoms. The summed E-state index contributed by atoms with van der Waals surface area (Å²) in [5, 5.41) is 3.46. The second-order valence-corrected chi connectivity index (χ2v) is 7.23. The molecule has 0 aromatic carbocycles. The van der Waals surface area contributed by atoms with Crippen molar-refractivity contribution in [3.63, 3.8) is 0 Å². The van der Waals surface area contributed by atoms with Gasteiger partial charge in [-0.2, -0.15) is 0 Å². The molecule has 0 bridgehead atoms. The van der Waals surface area contributed by atoms with Gasteiger partial charge in [0, 0.05) is 13.0 Å². The lowest BCUT2D eigenvalue weighted by molar-refractivity contribution is -0.141. The molecule has 2 aliphatic heterocycles. The zero-order valence-corrected chi connectivity index (χ0v) is 13.9. The van der Waals surface area contributed by atoms with E-state index in [1.807, 2.05) is 0 Å². The van der Waals surface area contributed by atoms with Crippen LogP contribution in [0.1, 0.15) is 46.5 Å². The lowest BCUT2D eigenvalue weighted by atomic mass is 9.85. The van der Waals surface area contributed by atoms with Gasteiger partial charge in [0.2, 0.25) is 5.91 Å². The molecule has 1 N–H and O–H groups in total. The predicted molar refractivity (Wildman–Crippen MR) is 85.1 cm³/mol. The first kappa shape index (κ1) is 16.8. The van der Waals surface area contributed by atoms with Gasteiger partial charge in [-0.25, -0.2) is 0 Å². The van der Waals surface area contributed by atoms with E-state index in [0.29, 0.717) is 43.3 Å². The van der Waals surface area contributed by atoms with Crippen molar-refractivity contribution in [2.75, 3.05) is 32.8 Å². The number of carbonyl (C=O) groups excluding carboxylic acids is 1. The SMILES string of the molecule is CC(C)CC1COCCN1C(=O)CC(C)C1CCCNC1. The Kier molecular flexibility index (Phi) is 6.49. The molecule has 2 saturated heterocycles. The van der Waals surface area contributed by atoms with Crippen molar-refractivity contribution in [2.45, 2.75) is 52.5 Å². The van der Waals surface area contributed by atoms with E-state index in [-0.39, 0.29) is 6.04 Å². The minimum Gasteiger partial charge on any atom is -0.377 e. The van der Waals surface area contributed by atoms with Gasteiger partial charge in [0.1, 0.15) is 0 Å². The van der Waals surface area contributed by atoms with E-state index in [4.69, 9.17) is 4.74 Å². The fraction of sp³-hybridized carbons (Fsp3) is 0.941. The summed E-state index contributed by atoms with van der Waals surface area (Å²) in [4.78, 5) is 14.8. The Balaban J connectivity index is 1.87. The third-order valence-electron chi connectivity index (χ3n) is 4.93. The summed E-state index contributed by atoms with van der Waals surface area (Å²) in [5.41, 5.74) is 0. The van der Waals surface area contributed by atoms with Crippen molar-refractivity contribution < 1.29 is 9.53 Å². The zero-order chi connectivity index (χ0) is 15.2. The molecule has 21 heavy (non-hydrogen) atoms. The van der Waals surface area contributed by atoms with Crippen LogP contribution >= 0.6 is 0 Å². The van der Waals surface area contributed by atoms with Crippen molar-refractivity contribution in [1.82, 2.24) is 10.2 Å². The maximum atomic E-state index is 12.7. The molecule has 0 aromatic rings. The Bertz CT molecular complexity index is 327. The number of hydrogen-bond acceptors (Lipinski definition) is 3. The lowest BCUT2D eigenvalue weighted by Crippen LogP contribution is -2.50. The monoisotopic (exact) mass is 296 g/mol. The van der Waals surface area contributed by atoms with Crippen molar-refractivity contribution >= 4 is 5.91 Å². The normalized spacial score (nSPS) is 28.7. The van der Waals surface area contributed by atoms with E-state index < -0.39 is 0 Å². The van der Waals surface area contributed by atoms with E-state index in [2.05, 4.69) is 31.0 Å². The summed E-state index contributed by atoms with van der Waals surface area (Å²) in [6.45, 7) is 11.1. The third kappa shape index (κ3) is 4.96. The minimum atomic E-state index is 0.280. The van der Waals surface area contributed by atoms with Crippen LogP contribution in [-0.2, 0) is 9.53 Å². The molecule has 0 saturated carbocycles. The van der Waals surface area contributed by atoms with Crippen molar-refractivity contribution in [2.24, 2.45) is 17.8 Å². The van der Waals surface area contributed by atoms with Crippen LogP contribution < -0.4 is 5.32 Å².